The van der Waals surface area contributed by atoms with E-state index in [2.05, 4.69) is 58.8 Å². The molecule has 0 spiro atoms. The smallest absolute Gasteiger partial charge is 0.301 e. The van der Waals surface area contributed by atoms with Gasteiger partial charge in [-0.15, -0.1) is 0 Å². The standard InChI is InChI=1S/C37H56ClFN4O7SSi2/c1-37(2,3)53(8,9)50-30-21-48-32-29(20-47-33(30)32)49-36-41-28-19-25(38)34(42-35(28)43(36)22-46-14-16-52(5,6)7)40-27-13-12-24-17-23(18-26(39)31(24)27)11-10-15-51(4,44)45/h17-19,27,29-30,32-33H,10-16,20-22H2,1-9H3,(H,40,42)/t27-,29+,30?,32+,33+/m0/s1. The highest BCUT2D eigenvalue weighted by atomic mass is 35.5. The molecule has 1 aromatic carbocycles. The molecule has 53 heavy (non-hydrogen) atoms. The van der Waals surface area contributed by atoms with Crippen LogP contribution >= 0.6 is 11.6 Å². The predicted octanol–water partition coefficient (Wildman–Crippen LogP) is 7.55. The lowest BCUT2D eigenvalue weighted by atomic mass is 10.0. The van der Waals surface area contributed by atoms with Crippen molar-refractivity contribution >= 4 is 54.8 Å². The number of hydrogen-bond donors (Lipinski definition) is 1. The maximum Gasteiger partial charge on any atom is 0.301 e. The van der Waals surface area contributed by atoms with Crippen LogP contribution in [0.2, 0.25) is 48.8 Å². The topological polar surface area (TPSA) is 123 Å². The summed E-state index contributed by atoms with van der Waals surface area (Å²) in [5.41, 5.74) is 3.37. The van der Waals surface area contributed by atoms with Gasteiger partial charge in [-0.2, -0.15) is 4.98 Å². The first-order valence-electron chi connectivity index (χ1n) is 18.7. The van der Waals surface area contributed by atoms with E-state index in [0.29, 0.717) is 79.1 Å². The Bertz CT molecular complexity index is 1920. The molecule has 1 N–H and O–H groups in total. The van der Waals surface area contributed by atoms with E-state index in [-0.39, 0.29) is 47.7 Å². The number of sulfone groups is 1. The van der Waals surface area contributed by atoms with Crippen LogP contribution < -0.4 is 10.1 Å². The molecule has 0 amide bonds. The van der Waals surface area contributed by atoms with Crippen LogP contribution in [0, 0.1) is 5.82 Å². The summed E-state index contributed by atoms with van der Waals surface area (Å²) in [5, 5.41) is 3.83. The first-order valence-corrected chi connectivity index (χ1v) is 27.7. The van der Waals surface area contributed by atoms with Crippen LogP contribution in [0.3, 0.4) is 0 Å². The zero-order valence-corrected chi connectivity index (χ0v) is 36.1. The number of aromatic nitrogens is 3. The Morgan fingerprint density at radius 1 is 1.06 bits per heavy atom. The van der Waals surface area contributed by atoms with Gasteiger partial charge in [0, 0.05) is 26.5 Å². The van der Waals surface area contributed by atoms with Gasteiger partial charge in [-0.1, -0.05) is 58.1 Å². The largest absolute Gasteiger partial charge is 0.456 e. The Kier molecular flexibility index (Phi) is 11.8. The normalized spacial score (nSPS) is 23.5. The van der Waals surface area contributed by atoms with Gasteiger partial charge in [0.25, 0.3) is 0 Å². The number of aryl methyl sites for hydroxylation is 2. The fourth-order valence-electron chi connectivity index (χ4n) is 6.94. The molecule has 16 heteroatoms. The molecule has 2 aromatic heterocycles. The zero-order chi connectivity index (χ0) is 38.5. The van der Waals surface area contributed by atoms with Gasteiger partial charge in [0.1, 0.15) is 45.9 Å². The molecule has 2 fully saturated rings. The average molecular weight is 812 g/mol. The molecule has 4 heterocycles. The second kappa shape index (κ2) is 15.4. The van der Waals surface area contributed by atoms with Crippen molar-refractivity contribution in [2.45, 2.75) is 127 Å². The zero-order valence-electron chi connectivity index (χ0n) is 32.6. The second-order valence-electron chi connectivity index (χ2n) is 17.6. The average Bonchev–Trinajstić information content (AvgIpc) is 3.79. The SMILES string of the molecule is CC(C)(C)[Si](C)(C)OC1CO[C@H]2[C@@H]1OC[C@H]2Oc1nc2cc(Cl)c(N[C@H]3CCc4cc(CCCS(C)(=O)=O)cc(F)c43)nc2n1COCC[Si](C)(C)C. The Morgan fingerprint density at radius 2 is 1.75 bits per heavy atom. The molecule has 2 aliphatic heterocycles. The minimum Gasteiger partial charge on any atom is -0.456 e. The third-order valence-electron chi connectivity index (χ3n) is 10.9. The van der Waals surface area contributed by atoms with Crippen LogP contribution in [0.1, 0.15) is 56.3 Å². The number of pyridine rings is 1. The number of rotatable bonds is 15. The number of ether oxygens (including phenoxy) is 4. The minimum absolute atomic E-state index is 0.0592. The number of nitrogens with zero attached hydrogens (tertiary/aromatic N) is 3. The monoisotopic (exact) mass is 810 g/mol. The summed E-state index contributed by atoms with van der Waals surface area (Å²) in [6, 6.07) is 6.25. The van der Waals surface area contributed by atoms with Gasteiger partial charge in [-0.25, -0.2) is 17.8 Å². The highest BCUT2D eigenvalue weighted by Crippen LogP contribution is 2.42. The first kappa shape index (κ1) is 40.5. The molecule has 294 valence electrons. The van der Waals surface area contributed by atoms with Crippen molar-refractivity contribution in [1.82, 2.24) is 14.5 Å². The highest BCUT2D eigenvalue weighted by molar-refractivity contribution is 7.90. The van der Waals surface area contributed by atoms with E-state index in [1.54, 1.807) is 6.07 Å². The highest BCUT2D eigenvalue weighted by Gasteiger charge is 2.52. The number of anilines is 1. The van der Waals surface area contributed by atoms with Gasteiger partial charge in [-0.05, 0) is 73.1 Å². The molecule has 1 aliphatic carbocycles. The molecular formula is C37H56ClFN4O7SSi2. The van der Waals surface area contributed by atoms with Crippen LogP contribution in [0.5, 0.6) is 6.01 Å². The van der Waals surface area contributed by atoms with Crippen molar-refractivity contribution < 1.29 is 36.2 Å². The van der Waals surface area contributed by atoms with Gasteiger partial charge < -0.3 is 28.7 Å². The van der Waals surface area contributed by atoms with Crippen LogP contribution in [-0.4, -0.2) is 95.6 Å². The molecule has 0 radical (unpaired) electrons. The summed E-state index contributed by atoms with van der Waals surface area (Å²) in [4.78, 5) is 9.76. The summed E-state index contributed by atoms with van der Waals surface area (Å²) >= 11 is 6.82. The number of imidazole rings is 1. The number of benzene rings is 1. The molecule has 3 aliphatic rings. The molecule has 2 saturated heterocycles. The lowest BCUT2D eigenvalue weighted by Crippen LogP contribution is -2.47. The van der Waals surface area contributed by atoms with Crippen LogP contribution in [0.25, 0.3) is 11.2 Å². The lowest BCUT2D eigenvalue weighted by Gasteiger charge is -2.39. The van der Waals surface area contributed by atoms with E-state index in [0.717, 1.165) is 17.2 Å². The van der Waals surface area contributed by atoms with Crippen molar-refractivity contribution in [1.29, 1.82) is 0 Å². The quantitative estimate of drug-likeness (QED) is 0.122. The van der Waals surface area contributed by atoms with Gasteiger partial charge in [0.05, 0.1) is 36.1 Å². The van der Waals surface area contributed by atoms with E-state index in [1.807, 2.05) is 10.6 Å². The third kappa shape index (κ3) is 9.47. The van der Waals surface area contributed by atoms with E-state index in [4.69, 9.17) is 44.9 Å². The molecule has 1 unspecified atom stereocenters. The molecule has 0 bridgehead atoms. The van der Waals surface area contributed by atoms with Crippen LogP contribution in [0.15, 0.2) is 18.2 Å². The first-order chi connectivity index (χ1) is 24.7. The van der Waals surface area contributed by atoms with Crippen molar-refractivity contribution in [2.24, 2.45) is 0 Å². The summed E-state index contributed by atoms with van der Waals surface area (Å²) in [5.74, 6) is 0.173. The molecule has 0 saturated carbocycles. The van der Waals surface area contributed by atoms with Crippen LogP contribution in [-0.2, 0) is 48.0 Å². The third-order valence-corrected chi connectivity index (χ3v) is 18.5. The number of nitrogens with one attached hydrogen (secondary N) is 1. The minimum atomic E-state index is -3.07. The Hall–Kier alpha value is -2.12. The summed E-state index contributed by atoms with van der Waals surface area (Å²) in [6.45, 7) is 19.6. The number of halogens is 2. The number of hydrogen-bond acceptors (Lipinski definition) is 10. The van der Waals surface area contributed by atoms with E-state index >= 15 is 4.39 Å². The Morgan fingerprint density at radius 3 is 2.43 bits per heavy atom. The van der Waals surface area contributed by atoms with Crippen molar-refractivity contribution in [3.05, 3.63) is 45.7 Å². The van der Waals surface area contributed by atoms with Crippen molar-refractivity contribution in [3.63, 3.8) is 0 Å². The van der Waals surface area contributed by atoms with Gasteiger partial charge in [0.2, 0.25) is 0 Å². The van der Waals surface area contributed by atoms with Crippen molar-refractivity contribution in [2.75, 3.05) is 37.1 Å². The van der Waals surface area contributed by atoms with Gasteiger partial charge in [0.15, 0.2) is 20.1 Å². The molecule has 6 rings (SSSR count). The number of fused-ring (bicyclic) bond motifs is 3. The van der Waals surface area contributed by atoms with Gasteiger partial charge >= 0.3 is 6.01 Å². The molecular weight excluding hydrogens is 755 g/mol. The maximum absolute atomic E-state index is 15.6. The van der Waals surface area contributed by atoms with E-state index in [1.165, 1.54) is 12.3 Å². The lowest BCUT2D eigenvalue weighted by molar-refractivity contribution is 0.00687. The summed E-state index contributed by atoms with van der Waals surface area (Å²) in [6.07, 6.45) is 2.40. The Balaban J connectivity index is 1.22. The van der Waals surface area contributed by atoms with Gasteiger partial charge in [-0.3, -0.25) is 4.57 Å². The maximum atomic E-state index is 15.6. The second-order valence-corrected chi connectivity index (χ2v) is 30.7. The van der Waals surface area contributed by atoms with E-state index in [9.17, 15) is 8.42 Å². The molecule has 5 atom stereocenters. The summed E-state index contributed by atoms with van der Waals surface area (Å²) < 4.78 is 72.6. The molecule has 3 aromatic rings. The van der Waals surface area contributed by atoms with Crippen molar-refractivity contribution in [3.8, 4) is 6.01 Å². The van der Waals surface area contributed by atoms with E-state index < -0.39 is 32.3 Å². The molecule has 11 nitrogen and oxygen atoms in total. The predicted molar refractivity (Wildman–Crippen MR) is 212 cm³/mol. The fourth-order valence-corrected chi connectivity index (χ4v) is 9.88. The fraction of sp³-hybridized carbons (Fsp3) is 0.676. The summed E-state index contributed by atoms with van der Waals surface area (Å²) in [7, 11) is -6.46. The Labute approximate surface area is 320 Å². The van der Waals surface area contributed by atoms with Crippen LogP contribution in [0.4, 0.5) is 10.2 Å².